The molecule has 1 atom stereocenters. The molecule has 0 spiro atoms. The number of aromatic nitrogens is 1. The summed E-state index contributed by atoms with van der Waals surface area (Å²) in [7, 11) is 0. The molecule has 4 nitrogen and oxygen atoms in total. The van der Waals surface area contributed by atoms with E-state index < -0.39 is 5.97 Å². The van der Waals surface area contributed by atoms with E-state index in [-0.39, 0.29) is 11.6 Å². The highest BCUT2D eigenvalue weighted by atomic mass is 16.4. The first-order valence-electron chi connectivity index (χ1n) is 4.09. The second kappa shape index (κ2) is 4.00. The van der Waals surface area contributed by atoms with Gasteiger partial charge >= 0.3 is 5.97 Å². The molecule has 1 heterocycles. The van der Waals surface area contributed by atoms with Crippen molar-refractivity contribution in [3.05, 3.63) is 29.6 Å². The molecule has 1 aromatic rings. The zero-order valence-electron chi connectivity index (χ0n) is 7.40. The highest BCUT2D eigenvalue weighted by Gasteiger charge is 2.13. The summed E-state index contributed by atoms with van der Waals surface area (Å²) in [6.07, 6.45) is 3.67. The molecule has 0 aliphatic carbocycles. The fourth-order valence-electron chi connectivity index (χ4n) is 1.12. The van der Waals surface area contributed by atoms with E-state index in [1.807, 2.05) is 6.92 Å². The van der Waals surface area contributed by atoms with Gasteiger partial charge in [0.25, 0.3) is 0 Å². The van der Waals surface area contributed by atoms with Crippen molar-refractivity contribution in [1.82, 2.24) is 4.98 Å². The molecule has 0 saturated heterocycles. The minimum absolute atomic E-state index is 0.240. The Balaban J connectivity index is 3.11. The number of hydrogen-bond donors (Lipinski definition) is 2. The Labute approximate surface area is 76.4 Å². The van der Waals surface area contributed by atoms with Crippen molar-refractivity contribution in [2.45, 2.75) is 19.4 Å². The second-order valence-electron chi connectivity index (χ2n) is 2.78. The summed E-state index contributed by atoms with van der Waals surface area (Å²) in [6.45, 7) is 1.91. The molecule has 0 fully saturated rings. The van der Waals surface area contributed by atoms with Gasteiger partial charge in [-0.05, 0) is 12.5 Å². The molecule has 70 valence electrons. The van der Waals surface area contributed by atoms with Crippen molar-refractivity contribution >= 4 is 5.97 Å². The summed E-state index contributed by atoms with van der Waals surface area (Å²) in [4.78, 5) is 14.6. The molecular weight excluding hydrogens is 168 g/mol. The van der Waals surface area contributed by atoms with Crippen LogP contribution in [-0.2, 0) is 0 Å². The molecule has 0 amide bonds. The van der Waals surface area contributed by atoms with Crippen molar-refractivity contribution in [1.29, 1.82) is 0 Å². The minimum Gasteiger partial charge on any atom is -0.478 e. The molecule has 0 aliphatic rings. The molecule has 0 unspecified atom stereocenters. The van der Waals surface area contributed by atoms with Crippen LogP contribution in [0.3, 0.4) is 0 Å². The second-order valence-corrected chi connectivity index (χ2v) is 2.78. The van der Waals surface area contributed by atoms with Crippen molar-refractivity contribution in [3.8, 4) is 0 Å². The van der Waals surface area contributed by atoms with E-state index in [2.05, 4.69) is 4.98 Å². The largest absolute Gasteiger partial charge is 0.478 e. The molecule has 0 radical (unpaired) electrons. The van der Waals surface area contributed by atoms with Gasteiger partial charge in [0.15, 0.2) is 0 Å². The topological polar surface area (TPSA) is 76.2 Å². The van der Waals surface area contributed by atoms with Crippen molar-refractivity contribution in [2.24, 2.45) is 5.73 Å². The predicted octanol–water partition coefficient (Wildman–Crippen LogP) is 1.19. The summed E-state index contributed by atoms with van der Waals surface area (Å²) in [5, 5.41) is 8.83. The van der Waals surface area contributed by atoms with Gasteiger partial charge in [-0.3, -0.25) is 4.98 Å². The molecule has 1 aromatic heterocycles. The zero-order chi connectivity index (χ0) is 9.84. The number of carboxylic acids is 1. The summed E-state index contributed by atoms with van der Waals surface area (Å²) in [6, 6.07) is 1.22. The van der Waals surface area contributed by atoms with Crippen LogP contribution >= 0.6 is 0 Å². The fourth-order valence-corrected chi connectivity index (χ4v) is 1.12. The molecule has 1 rings (SSSR count). The first-order valence-corrected chi connectivity index (χ1v) is 4.09. The van der Waals surface area contributed by atoms with Gasteiger partial charge in [-0.25, -0.2) is 4.79 Å². The molecule has 0 aromatic carbocycles. The third-order valence-corrected chi connectivity index (χ3v) is 1.92. The average Bonchev–Trinajstić information content (AvgIpc) is 2.16. The Bertz CT molecular complexity index is 312. The highest BCUT2D eigenvalue weighted by Crippen LogP contribution is 2.16. The number of aromatic carboxylic acids is 1. The Morgan fingerprint density at radius 3 is 3.00 bits per heavy atom. The third kappa shape index (κ3) is 2.03. The van der Waals surface area contributed by atoms with Crippen molar-refractivity contribution in [3.63, 3.8) is 0 Å². The predicted molar refractivity (Wildman–Crippen MR) is 48.4 cm³/mol. The molecule has 0 aliphatic heterocycles. The van der Waals surface area contributed by atoms with Gasteiger partial charge < -0.3 is 10.8 Å². The molecule has 13 heavy (non-hydrogen) atoms. The first-order chi connectivity index (χ1) is 6.16. The minimum atomic E-state index is -0.957. The van der Waals surface area contributed by atoms with Crippen LogP contribution in [0.15, 0.2) is 18.5 Å². The lowest BCUT2D eigenvalue weighted by Crippen LogP contribution is -2.14. The maximum Gasteiger partial charge on any atom is 0.336 e. The number of rotatable bonds is 3. The highest BCUT2D eigenvalue weighted by molar-refractivity contribution is 5.89. The molecule has 0 bridgehead atoms. The van der Waals surface area contributed by atoms with Gasteiger partial charge in [0, 0.05) is 24.0 Å². The van der Waals surface area contributed by atoms with Gasteiger partial charge in [-0.15, -0.1) is 0 Å². The average molecular weight is 180 g/mol. The van der Waals surface area contributed by atoms with E-state index in [1.165, 1.54) is 18.5 Å². The number of nitrogens with zero attached hydrogens (tertiary/aromatic N) is 1. The van der Waals surface area contributed by atoms with Crippen LogP contribution in [0, 0.1) is 0 Å². The molecule has 0 saturated carbocycles. The lowest BCUT2D eigenvalue weighted by molar-refractivity contribution is 0.0695. The third-order valence-electron chi connectivity index (χ3n) is 1.92. The molecular formula is C9H12N2O2. The first kappa shape index (κ1) is 9.67. The maximum absolute atomic E-state index is 10.8. The van der Waals surface area contributed by atoms with Crippen LogP contribution in [0.4, 0.5) is 0 Å². The quantitative estimate of drug-likeness (QED) is 0.732. The van der Waals surface area contributed by atoms with Gasteiger partial charge in [0.1, 0.15) is 0 Å². The van der Waals surface area contributed by atoms with Crippen LogP contribution in [-0.4, -0.2) is 16.1 Å². The lowest BCUT2D eigenvalue weighted by atomic mass is 10.0. The van der Waals surface area contributed by atoms with E-state index in [9.17, 15) is 4.79 Å². The fraction of sp³-hybridized carbons (Fsp3) is 0.333. The van der Waals surface area contributed by atoms with E-state index in [1.54, 1.807) is 0 Å². The summed E-state index contributed by atoms with van der Waals surface area (Å²) in [5.74, 6) is -0.957. The maximum atomic E-state index is 10.8. The summed E-state index contributed by atoms with van der Waals surface area (Å²) >= 11 is 0. The number of pyridine rings is 1. The number of carbonyl (C=O) groups is 1. The zero-order valence-corrected chi connectivity index (χ0v) is 7.40. The Hall–Kier alpha value is -1.42. The monoisotopic (exact) mass is 180 g/mol. The Morgan fingerprint density at radius 1 is 1.77 bits per heavy atom. The van der Waals surface area contributed by atoms with Crippen LogP contribution in [0.5, 0.6) is 0 Å². The Morgan fingerprint density at radius 2 is 2.46 bits per heavy atom. The summed E-state index contributed by atoms with van der Waals surface area (Å²) < 4.78 is 0. The Kier molecular flexibility index (Phi) is 2.97. The van der Waals surface area contributed by atoms with Gasteiger partial charge in [-0.2, -0.15) is 0 Å². The van der Waals surface area contributed by atoms with E-state index >= 15 is 0 Å². The van der Waals surface area contributed by atoms with Gasteiger partial charge in [0.2, 0.25) is 0 Å². The van der Waals surface area contributed by atoms with E-state index in [4.69, 9.17) is 10.8 Å². The van der Waals surface area contributed by atoms with E-state index in [0.29, 0.717) is 12.0 Å². The van der Waals surface area contributed by atoms with Crippen LogP contribution < -0.4 is 5.73 Å². The number of nitrogens with two attached hydrogens (primary N) is 1. The molecule has 4 heteroatoms. The van der Waals surface area contributed by atoms with Gasteiger partial charge in [-0.1, -0.05) is 6.92 Å². The van der Waals surface area contributed by atoms with Gasteiger partial charge in [0.05, 0.1) is 5.56 Å². The summed E-state index contributed by atoms with van der Waals surface area (Å²) in [5.41, 5.74) is 6.56. The smallest absolute Gasteiger partial charge is 0.336 e. The van der Waals surface area contributed by atoms with Crippen LogP contribution in [0.25, 0.3) is 0 Å². The van der Waals surface area contributed by atoms with Crippen molar-refractivity contribution < 1.29 is 9.90 Å². The van der Waals surface area contributed by atoms with Crippen molar-refractivity contribution in [2.75, 3.05) is 0 Å². The van der Waals surface area contributed by atoms with E-state index in [0.717, 1.165) is 0 Å². The standard InChI is InChI=1S/C9H12N2O2/c1-2-8(10)7-5-11-4-3-6(7)9(12)13/h3-5,8H,2,10H2,1H3,(H,12,13)/t8-/m1/s1. The SMILES string of the molecule is CC[C@@H](N)c1cnccc1C(=O)O. The van der Waals surface area contributed by atoms with Crippen LogP contribution in [0.1, 0.15) is 35.3 Å². The normalized spacial score (nSPS) is 12.5. The molecule has 3 N–H and O–H groups in total. The van der Waals surface area contributed by atoms with Crippen LogP contribution in [0.2, 0.25) is 0 Å². The number of carboxylic acid groups (broad SMARTS) is 1. The lowest BCUT2D eigenvalue weighted by Gasteiger charge is -2.10. The number of hydrogen-bond acceptors (Lipinski definition) is 3.